The van der Waals surface area contributed by atoms with E-state index in [9.17, 15) is 0 Å². The molecule has 12 heavy (non-hydrogen) atoms. The Hall–Kier alpha value is -0.780. The van der Waals surface area contributed by atoms with Gasteiger partial charge in [-0.25, -0.2) is 0 Å². The van der Waals surface area contributed by atoms with Crippen molar-refractivity contribution >= 4 is 0 Å². The zero-order chi connectivity index (χ0) is 7.97. The van der Waals surface area contributed by atoms with Gasteiger partial charge in [-0.1, -0.05) is 24.3 Å². The standard InChI is InChI=1S/C12H12/c1-2-4-12-10-7-5-9(6-8-10)11(12)3-1/h1-4,9-10H,5-7H2. The Kier molecular flexibility index (Phi) is 1.31. The average molecular weight is 156 g/mol. The van der Waals surface area contributed by atoms with Crippen LogP contribution in [0.3, 0.4) is 0 Å². The van der Waals surface area contributed by atoms with Crippen LogP contribution in [0.5, 0.6) is 0 Å². The van der Waals surface area contributed by atoms with E-state index in [2.05, 4.69) is 30.7 Å². The monoisotopic (exact) mass is 156 g/mol. The molecule has 4 rings (SSSR count). The van der Waals surface area contributed by atoms with Crippen molar-refractivity contribution in [2.24, 2.45) is 0 Å². The third kappa shape index (κ3) is 0.782. The molecule has 1 aromatic carbocycles. The van der Waals surface area contributed by atoms with Gasteiger partial charge in [0.05, 0.1) is 0 Å². The fourth-order valence-corrected chi connectivity index (χ4v) is 2.59. The van der Waals surface area contributed by atoms with Gasteiger partial charge in [-0.15, -0.1) is 0 Å². The quantitative estimate of drug-likeness (QED) is 0.541. The topological polar surface area (TPSA) is 0 Å². The molecule has 3 aliphatic rings. The molecule has 0 amide bonds. The van der Waals surface area contributed by atoms with Gasteiger partial charge in [-0.05, 0) is 48.6 Å². The molecule has 0 heterocycles. The molecule has 60 valence electrons. The van der Waals surface area contributed by atoms with Crippen LogP contribution in [0, 0.1) is 6.42 Å². The van der Waals surface area contributed by atoms with Gasteiger partial charge in [-0.3, -0.25) is 0 Å². The highest BCUT2D eigenvalue weighted by Crippen LogP contribution is 2.48. The Bertz CT molecular complexity index is 262. The molecule has 2 atom stereocenters. The van der Waals surface area contributed by atoms with E-state index in [4.69, 9.17) is 0 Å². The molecule has 1 aromatic rings. The lowest BCUT2D eigenvalue weighted by atomic mass is 9.67. The second kappa shape index (κ2) is 2.35. The number of fused-ring (bicyclic) bond motifs is 2. The molecule has 0 spiro atoms. The Morgan fingerprint density at radius 3 is 2.58 bits per heavy atom. The second-order valence-corrected chi connectivity index (χ2v) is 3.86. The second-order valence-electron chi connectivity index (χ2n) is 3.86. The summed E-state index contributed by atoms with van der Waals surface area (Å²) in [7, 11) is 0. The summed E-state index contributed by atoms with van der Waals surface area (Å²) in [5, 5.41) is 0. The van der Waals surface area contributed by atoms with Crippen LogP contribution in [-0.2, 0) is 0 Å². The SMILES string of the molecule is [C]1CC2CCC1c1ccccc12. The zero-order valence-corrected chi connectivity index (χ0v) is 7.09. The normalized spacial score (nSPS) is 31.7. The van der Waals surface area contributed by atoms with Gasteiger partial charge in [0.1, 0.15) is 0 Å². The minimum atomic E-state index is 0.659. The molecule has 0 saturated heterocycles. The first kappa shape index (κ1) is 6.71. The van der Waals surface area contributed by atoms with Gasteiger partial charge in [0, 0.05) is 0 Å². The largest absolute Gasteiger partial charge is 0.0620 e. The van der Waals surface area contributed by atoms with Crippen molar-refractivity contribution in [3.63, 3.8) is 0 Å². The molecule has 0 aliphatic heterocycles. The van der Waals surface area contributed by atoms with E-state index < -0.39 is 0 Å². The van der Waals surface area contributed by atoms with Gasteiger partial charge in [0.25, 0.3) is 0 Å². The van der Waals surface area contributed by atoms with E-state index in [1.807, 2.05) is 0 Å². The Balaban J connectivity index is 2.19. The first-order chi connectivity index (χ1) is 5.95. The van der Waals surface area contributed by atoms with E-state index in [1.54, 1.807) is 11.1 Å². The summed E-state index contributed by atoms with van der Waals surface area (Å²) in [5.74, 6) is 1.46. The van der Waals surface area contributed by atoms with Gasteiger partial charge < -0.3 is 0 Å². The Labute approximate surface area is 73.6 Å². The molecule has 0 aromatic heterocycles. The maximum atomic E-state index is 3.57. The summed E-state index contributed by atoms with van der Waals surface area (Å²) in [6, 6.07) is 8.89. The molecule has 2 unspecified atom stereocenters. The number of benzene rings is 1. The molecule has 0 N–H and O–H groups in total. The highest BCUT2D eigenvalue weighted by Gasteiger charge is 2.32. The third-order valence-corrected chi connectivity index (χ3v) is 3.23. The fourth-order valence-electron chi connectivity index (χ4n) is 2.59. The lowest BCUT2D eigenvalue weighted by Crippen LogP contribution is -2.21. The van der Waals surface area contributed by atoms with Crippen LogP contribution in [0.15, 0.2) is 24.3 Å². The molecule has 1 fully saturated rings. The third-order valence-electron chi connectivity index (χ3n) is 3.23. The molecule has 2 bridgehead atoms. The predicted octanol–water partition coefficient (Wildman–Crippen LogP) is 3.13. The Morgan fingerprint density at radius 2 is 1.92 bits per heavy atom. The van der Waals surface area contributed by atoms with Crippen molar-refractivity contribution in [2.45, 2.75) is 31.1 Å². The van der Waals surface area contributed by atoms with Crippen molar-refractivity contribution in [1.29, 1.82) is 0 Å². The van der Waals surface area contributed by atoms with Crippen LogP contribution >= 0.6 is 0 Å². The molecule has 2 radical (unpaired) electrons. The van der Waals surface area contributed by atoms with Gasteiger partial charge in [0.2, 0.25) is 0 Å². The van der Waals surface area contributed by atoms with Crippen molar-refractivity contribution < 1.29 is 0 Å². The van der Waals surface area contributed by atoms with Crippen LogP contribution in [0.25, 0.3) is 0 Å². The number of hydrogen-bond acceptors (Lipinski definition) is 0. The minimum absolute atomic E-state index is 0.659. The van der Waals surface area contributed by atoms with E-state index in [0.717, 1.165) is 5.92 Å². The van der Waals surface area contributed by atoms with Crippen LogP contribution in [0.2, 0.25) is 0 Å². The molecule has 1 saturated carbocycles. The first-order valence-corrected chi connectivity index (χ1v) is 4.77. The minimum Gasteiger partial charge on any atom is -0.0620 e. The summed E-state index contributed by atoms with van der Waals surface area (Å²) >= 11 is 0. The van der Waals surface area contributed by atoms with Crippen molar-refractivity contribution in [3.05, 3.63) is 41.8 Å². The highest BCUT2D eigenvalue weighted by atomic mass is 14.4. The summed E-state index contributed by atoms with van der Waals surface area (Å²) in [4.78, 5) is 0. The number of hydrogen-bond donors (Lipinski definition) is 0. The summed E-state index contributed by atoms with van der Waals surface area (Å²) < 4.78 is 0. The molecule has 3 aliphatic carbocycles. The summed E-state index contributed by atoms with van der Waals surface area (Å²) in [6.07, 6.45) is 7.49. The van der Waals surface area contributed by atoms with Crippen LogP contribution in [0.1, 0.15) is 42.2 Å². The van der Waals surface area contributed by atoms with Crippen LogP contribution in [-0.4, -0.2) is 0 Å². The van der Waals surface area contributed by atoms with Crippen LogP contribution < -0.4 is 0 Å². The lowest BCUT2D eigenvalue weighted by molar-refractivity contribution is 0.433. The summed E-state index contributed by atoms with van der Waals surface area (Å²) in [5.41, 5.74) is 3.16. The smallest absolute Gasteiger partial charge is 0.00863 e. The first-order valence-electron chi connectivity index (χ1n) is 4.77. The predicted molar refractivity (Wildman–Crippen MR) is 49.0 cm³/mol. The fraction of sp³-hybridized carbons (Fsp3) is 0.417. The van der Waals surface area contributed by atoms with E-state index in [0.29, 0.717) is 5.92 Å². The Morgan fingerprint density at radius 1 is 1.08 bits per heavy atom. The molecule has 0 heteroatoms. The highest BCUT2D eigenvalue weighted by molar-refractivity contribution is 5.40. The summed E-state index contributed by atoms with van der Waals surface area (Å²) in [6.45, 7) is 0. The van der Waals surface area contributed by atoms with Gasteiger partial charge in [-0.2, -0.15) is 0 Å². The zero-order valence-electron chi connectivity index (χ0n) is 7.09. The van der Waals surface area contributed by atoms with Crippen molar-refractivity contribution in [1.82, 2.24) is 0 Å². The number of rotatable bonds is 0. The van der Waals surface area contributed by atoms with Gasteiger partial charge in [0.15, 0.2) is 0 Å². The van der Waals surface area contributed by atoms with Gasteiger partial charge >= 0.3 is 0 Å². The maximum absolute atomic E-state index is 3.57. The van der Waals surface area contributed by atoms with Crippen molar-refractivity contribution in [2.75, 3.05) is 0 Å². The van der Waals surface area contributed by atoms with Crippen LogP contribution in [0.4, 0.5) is 0 Å². The van der Waals surface area contributed by atoms with E-state index in [-0.39, 0.29) is 0 Å². The lowest BCUT2D eigenvalue weighted by Gasteiger charge is -2.37. The molecular formula is C12H12. The molecule has 0 nitrogen and oxygen atoms in total. The maximum Gasteiger partial charge on any atom is -0.00863 e. The van der Waals surface area contributed by atoms with E-state index >= 15 is 0 Å². The average Bonchev–Trinajstić information content (AvgIpc) is 2.20. The van der Waals surface area contributed by atoms with Crippen molar-refractivity contribution in [3.8, 4) is 0 Å². The van der Waals surface area contributed by atoms with E-state index in [1.165, 1.54) is 19.3 Å². The molecular weight excluding hydrogens is 144 g/mol.